The third-order valence-corrected chi connectivity index (χ3v) is 3.96. The summed E-state index contributed by atoms with van der Waals surface area (Å²) in [4.78, 5) is 6.76. The zero-order valence-electron chi connectivity index (χ0n) is 12.0. The van der Waals surface area contributed by atoms with E-state index in [1.54, 1.807) is 0 Å². The summed E-state index contributed by atoms with van der Waals surface area (Å²) in [7, 11) is 2.14. The second kappa shape index (κ2) is 5.63. The Hall–Kier alpha value is -1.87. The van der Waals surface area contributed by atoms with E-state index in [4.69, 9.17) is 4.74 Å². The summed E-state index contributed by atoms with van der Waals surface area (Å²) < 4.78 is 5.55. The van der Waals surface area contributed by atoms with Crippen LogP contribution in [0.25, 0.3) is 0 Å². The van der Waals surface area contributed by atoms with Crippen LogP contribution in [0.3, 0.4) is 0 Å². The summed E-state index contributed by atoms with van der Waals surface area (Å²) in [6.45, 7) is 3.93. The van der Waals surface area contributed by atoms with Crippen molar-refractivity contribution in [2.24, 2.45) is 0 Å². The highest BCUT2D eigenvalue weighted by Crippen LogP contribution is 2.27. The average molecular weight is 268 g/mol. The molecule has 0 saturated carbocycles. The van der Waals surface area contributed by atoms with E-state index in [1.807, 2.05) is 18.3 Å². The predicted molar refractivity (Wildman–Crippen MR) is 79.8 cm³/mol. The minimum absolute atomic E-state index is 0.306. The predicted octanol–water partition coefficient (Wildman–Crippen LogP) is 3.21. The van der Waals surface area contributed by atoms with Gasteiger partial charge in [-0.15, -0.1) is 0 Å². The Balaban J connectivity index is 1.71. The number of fused-ring (bicyclic) bond motifs is 1. The van der Waals surface area contributed by atoms with Crippen LogP contribution >= 0.6 is 0 Å². The molecule has 0 amide bonds. The van der Waals surface area contributed by atoms with Crippen molar-refractivity contribution in [3.63, 3.8) is 0 Å². The normalized spacial score (nSPS) is 14.9. The Morgan fingerprint density at radius 1 is 1.30 bits per heavy atom. The van der Waals surface area contributed by atoms with Crippen LogP contribution in [0, 0.1) is 0 Å². The fourth-order valence-corrected chi connectivity index (χ4v) is 2.61. The Labute approximate surface area is 120 Å². The highest BCUT2D eigenvalue weighted by molar-refractivity contribution is 5.39. The summed E-state index contributed by atoms with van der Waals surface area (Å²) in [5.41, 5.74) is 3.78. The van der Waals surface area contributed by atoms with Gasteiger partial charge in [0.05, 0.1) is 12.3 Å². The number of ether oxygens (including phenoxy) is 1. The Morgan fingerprint density at radius 3 is 3.00 bits per heavy atom. The van der Waals surface area contributed by atoms with Gasteiger partial charge in [-0.05, 0) is 43.3 Å². The monoisotopic (exact) mass is 268 g/mol. The number of pyridine rings is 1. The zero-order chi connectivity index (χ0) is 13.9. The first-order valence-corrected chi connectivity index (χ1v) is 7.10. The number of hydrogen-bond acceptors (Lipinski definition) is 3. The quantitative estimate of drug-likeness (QED) is 0.851. The summed E-state index contributed by atoms with van der Waals surface area (Å²) in [5.74, 6) is 1.05. The average Bonchev–Trinajstić information content (AvgIpc) is 2.95. The van der Waals surface area contributed by atoms with E-state index in [9.17, 15) is 0 Å². The maximum atomic E-state index is 5.55. The maximum absolute atomic E-state index is 5.55. The van der Waals surface area contributed by atoms with Gasteiger partial charge in [0.2, 0.25) is 0 Å². The molecular weight excluding hydrogens is 248 g/mol. The molecule has 104 valence electrons. The van der Waals surface area contributed by atoms with E-state index in [2.05, 4.69) is 48.1 Å². The molecular formula is C17H20N2O. The van der Waals surface area contributed by atoms with Crippen LogP contribution in [-0.4, -0.2) is 23.5 Å². The Morgan fingerprint density at radius 2 is 2.20 bits per heavy atom. The second-order valence-corrected chi connectivity index (χ2v) is 5.39. The largest absolute Gasteiger partial charge is 0.493 e. The fourth-order valence-electron chi connectivity index (χ4n) is 2.61. The fraction of sp³-hybridized carbons (Fsp3) is 0.353. The third-order valence-electron chi connectivity index (χ3n) is 3.96. The maximum Gasteiger partial charge on any atom is 0.122 e. The van der Waals surface area contributed by atoms with Crippen LogP contribution in [-0.2, 0) is 13.0 Å². The van der Waals surface area contributed by atoms with Crippen molar-refractivity contribution in [1.82, 2.24) is 9.88 Å². The van der Waals surface area contributed by atoms with E-state index in [1.165, 1.54) is 11.1 Å². The lowest BCUT2D eigenvalue weighted by molar-refractivity contribution is 0.248. The first-order chi connectivity index (χ1) is 9.74. The zero-order valence-corrected chi connectivity index (χ0v) is 12.0. The molecule has 0 aliphatic carbocycles. The van der Waals surface area contributed by atoms with Crippen molar-refractivity contribution in [3.05, 3.63) is 59.4 Å². The molecule has 3 nitrogen and oxygen atoms in total. The topological polar surface area (TPSA) is 25.4 Å². The number of rotatable bonds is 4. The molecule has 3 rings (SSSR count). The molecule has 2 heterocycles. The van der Waals surface area contributed by atoms with Crippen molar-refractivity contribution in [1.29, 1.82) is 0 Å². The first-order valence-electron chi connectivity index (χ1n) is 7.10. The van der Waals surface area contributed by atoms with Gasteiger partial charge >= 0.3 is 0 Å². The number of aromatic nitrogens is 1. The summed E-state index contributed by atoms with van der Waals surface area (Å²) in [6.07, 6.45) is 2.88. The smallest absolute Gasteiger partial charge is 0.122 e. The lowest BCUT2D eigenvalue weighted by atomic mass is 10.1. The van der Waals surface area contributed by atoms with Crippen molar-refractivity contribution in [2.45, 2.75) is 25.9 Å². The molecule has 0 N–H and O–H groups in total. The van der Waals surface area contributed by atoms with Gasteiger partial charge in [0.25, 0.3) is 0 Å². The summed E-state index contributed by atoms with van der Waals surface area (Å²) in [6, 6.07) is 12.9. The molecule has 1 aliphatic heterocycles. The van der Waals surface area contributed by atoms with Crippen LogP contribution in [0.5, 0.6) is 5.75 Å². The van der Waals surface area contributed by atoms with Gasteiger partial charge in [0.15, 0.2) is 0 Å². The van der Waals surface area contributed by atoms with Gasteiger partial charge in [0.1, 0.15) is 5.75 Å². The molecule has 1 aromatic heterocycles. The van der Waals surface area contributed by atoms with Gasteiger partial charge < -0.3 is 4.74 Å². The molecule has 1 atom stereocenters. The summed E-state index contributed by atoms with van der Waals surface area (Å²) in [5, 5.41) is 0. The van der Waals surface area contributed by atoms with Gasteiger partial charge in [-0.1, -0.05) is 18.2 Å². The van der Waals surface area contributed by atoms with E-state index < -0.39 is 0 Å². The number of nitrogens with zero attached hydrogens (tertiary/aromatic N) is 2. The van der Waals surface area contributed by atoms with E-state index in [0.717, 1.165) is 31.0 Å². The molecule has 1 aromatic carbocycles. The van der Waals surface area contributed by atoms with Crippen molar-refractivity contribution in [2.75, 3.05) is 13.7 Å². The van der Waals surface area contributed by atoms with Gasteiger partial charge in [-0.25, -0.2) is 0 Å². The molecule has 0 saturated heterocycles. The highest BCUT2D eigenvalue weighted by Gasteiger charge is 2.15. The molecule has 0 bridgehead atoms. The lowest BCUT2D eigenvalue weighted by Gasteiger charge is -2.24. The van der Waals surface area contributed by atoms with Crippen LogP contribution in [0.15, 0.2) is 42.6 Å². The van der Waals surface area contributed by atoms with Crippen molar-refractivity contribution in [3.8, 4) is 5.75 Å². The minimum Gasteiger partial charge on any atom is -0.493 e. The number of benzene rings is 1. The minimum atomic E-state index is 0.306. The van der Waals surface area contributed by atoms with Gasteiger partial charge in [-0.3, -0.25) is 9.88 Å². The highest BCUT2D eigenvalue weighted by atomic mass is 16.5. The van der Waals surface area contributed by atoms with Crippen molar-refractivity contribution >= 4 is 0 Å². The molecule has 0 spiro atoms. The summed E-state index contributed by atoms with van der Waals surface area (Å²) >= 11 is 0. The van der Waals surface area contributed by atoms with E-state index in [0.29, 0.717) is 6.04 Å². The molecule has 0 fully saturated rings. The van der Waals surface area contributed by atoms with Crippen LogP contribution < -0.4 is 4.74 Å². The van der Waals surface area contributed by atoms with Gasteiger partial charge in [0, 0.05) is 25.2 Å². The van der Waals surface area contributed by atoms with Gasteiger partial charge in [-0.2, -0.15) is 0 Å². The molecule has 1 aliphatic rings. The number of hydrogen-bond donors (Lipinski definition) is 0. The molecule has 0 radical (unpaired) electrons. The van der Waals surface area contributed by atoms with E-state index in [-0.39, 0.29) is 0 Å². The first kappa shape index (κ1) is 13.1. The molecule has 20 heavy (non-hydrogen) atoms. The van der Waals surface area contributed by atoms with Crippen LogP contribution in [0.2, 0.25) is 0 Å². The SMILES string of the molecule is C[C@H](c1ccccn1)N(C)Cc1ccc2c(c1)CCO2. The lowest BCUT2D eigenvalue weighted by Crippen LogP contribution is -2.22. The third kappa shape index (κ3) is 2.68. The van der Waals surface area contributed by atoms with Crippen molar-refractivity contribution < 1.29 is 4.74 Å². The second-order valence-electron chi connectivity index (χ2n) is 5.39. The van der Waals surface area contributed by atoms with Crippen LogP contribution in [0.4, 0.5) is 0 Å². The molecule has 3 heteroatoms. The standard InChI is InChI=1S/C17H20N2O/c1-13(16-5-3-4-9-18-16)19(2)12-14-6-7-17-15(11-14)8-10-20-17/h3-7,9,11,13H,8,10,12H2,1-2H3/t13-/m1/s1. The Kier molecular flexibility index (Phi) is 3.70. The Bertz CT molecular complexity index is 583. The molecule has 0 unspecified atom stereocenters. The van der Waals surface area contributed by atoms with Crippen LogP contribution in [0.1, 0.15) is 29.8 Å². The molecule has 2 aromatic rings. The van der Waals surface area contributed by atoms with E-state index >= 15 is 0 Å².